The molecule has 3 N–H and O–H groups in total. The number of aromatic nitrogens is 1. The largest absolute Gasteiger partial charge is 0.479 e. The minimum absolute atomic E-state index is 0.0544. The monoisotopic (exact) mass is 288 g/mol. The van der Waals surface area contributed by atoms with E-state index in [2.05, 4.69) is 4.98 Å². The van der Waals surface area contributed by atoms with Crippen LogP contribution in [-0.4, -0.2) is 50.7 Å². The van der Waals surface area contributed by atoms with Crippen LogP contribution in [0.25, 0.3) is 10.9 Å². The lowest BCUT2D eigenvalue weighted by Gasteiger charge is -2.35. The Balaban J connectivity index is 1.76. The van der Waals surface area contributed by atoms with Gasteiger partial charge in [0.25, 0.3) is 5.91 Å². The Morgan fingerprint density at radius 1 is 1.19 bits per heavy atom. The SMILES string of the molecule is O=C(c1ccc2cc[nH]c2c1)N1CCC(O)(C(=O)O)CC1. The average molecular weight is 288 g/mol. The third-order valence-corrected chi connectivity index (χ3v) is 4.08. The summed E-state index contributed by atoms with van der Waals surface area (Å²) in [7, 11) is 0. The number of fused-ring (bicyclic) bond motifs is 1. The number of nitrogens with one attached hydrogen (secondary N) is 1. The number of amides is 1. The van der Waals surface area contributed by atoms with E-state index < -0.39 is 11.6 Å². The van der Waals surface area contributed by atoms with Gasteiger partial charge in [-0.3, -0.25) is 4.79 Å². The summed E-state index contributed by atoms with van der Waals surface area (Å²) in [6, 6.07) is 7.35. The summed E-state index contributed by atoms with van der Waals surface area (Å²) in [4.78, 5) is 28.1. The average Bonchev–Trinajstić information content (AvgIpc) is 2.94. The van der Waals surface area contributed by atoms with Gasteiger partial charge >= 0.3 is 5.97 Å². The molecule has 2 heterocycles. The molecule has 6 nitrogen and oxygen atoms in total. The van der Waals surface area contributed by atoms with E-state index in [1.807, 2.05) is 18.3 Å². The molecule has 0 unspecified atom stereocenters. The number of carbonyl (C=O) groups excluding carboxylic acids is 1. The number of rotatable bonds is 2. The summed E-state index contributed by atoms with van der Waals surface area (Å²) in [6.07, 6.45) is 1.92. The second-order valence-corrected chi connectivity index (χ2v) is 5.41. The molecule has 1 aliphatic rings. The van der Waals surface area contributed by atoms with Crippen LogP contribution in [0.3, 0.4) is 0 Å². The number of likely N-dealkylation sites (tertiary alicyclic amines) is 1. The number of piperidine rings is 1. The van der Waals surface area contributed by atoms with Crippen molar-refractivity contribution in [1.29, 1.82) is 0 Å². The van der Waals surface area contributed by atoms with Crippen molar-refractivity contribution in [3.8, 4) is 0 Å². The lowest BCUT2D eigenvalue weighted by atomic mass is 9.91. The highest BCUT2D eigenvalue weighted by Crippen LogP contribution is 2.24. The van der Waals surface area contributed by atoms with Gasteiger partial charge in [-0.1, -0.05) is 6.07 Å². The molecule has 1 aliphatic heterocycles. The van der Waals surface area contributed by atoms with E-state index in [1.165, 1.54) is 0 Å². The highest BCUT2D eigenvalue weighted by atomic mass is 16.4. The van der Waals surface area contributed by atoms with Crippen molar-refractivity contribution in [3.63, 3.8) is 0 Å². The Hall–Kier alpha value is -2.34. The van der Waals surface area contributed by atoms with Crippen LogP contribution < -0.4 is 0 Å². The quantitative estimate of drug-likeness (QED) is 0.774. The Labute approximate surface area is 121 Å². The Kier molecular flexibility index (Phi) is 3.17. The topological polar surface area (TPSA) is 93.6 Å². The third-order valence-electron chi connectivity index (χ3n) is 4.08. The molecule has 0 bridgehead atoms. The third kappa shape index (κ3) is 2.38. The molecule has 0 radical (unpaired) electrons. The number of aromatic amines is 1. The van der Waals surface area contributed by atoms with Gasteiger partial charge in [0.15, 0.2) is 5.60 Å². The second kappa shape index (κ2) is 4.89. The van der Waals surface area contributed by atoms with Gasteiger partial charge in [0.1, 0.15) is 0 Å². The highest BCUT2D eigenvalue weighted by molar-refractivity contribution is 5.98. The molecule has 0 spiro atoms. The first-order chi connectivity index (χ1) is 9.99. The minimum atomic E-state index is -1.71. The highest BCUT2D eigenvalue weighted by Gasteiger charge is 2.40. The molecule has 0 aliphatic carbocycles. The lowest BCUT2D eigenvalue weighted by Crippen LogP contribution is -2.50. The predicted octanol–water partition coefficient (Wildman–Crippen LogP) is 1.22. The first kappa shape index (κ1) is 13.6. The van der Waals surface area contributed by atoms with Gasteiger partial charge in [0.05, 0.1) is 0 Å². The first-order valence-corrected chi connectivity index (χ1v) is 6.82. The van der Waals surface area contributed by atoms with Crippen molar-refractivity contribution in [2.24, 2.45) is 0 Å². The molecule has 1 aromatic carbocycles. The number of carboxylic acids is 1. The van der Waals surface area contributed by atoms with Gasteiger partial charge in [-0.15, -0.1) is 0 Å². The Morgan fingerprint density at radius 2 is 1.90 bits per heavy atom. The van der Waals surface area contributed by atoms with Crippen molar-refractivity contribution >= 4 is 22.8 Å². The van der Waals surface area contributed by atoms with Crippen LogP contribution in [-0.2, 0) is 4.79 Å². The van der Waals surface area contributed by atoms with E-state index in [-0.39, 0.29) is 31.8 Å². The van der Waals surface area contributed by atoms with E-state index >= 15 is 0 Å². The van der Waals surface area contributed by atoms with Crippen LogP contribution in [0.1, 0.15) is 23.2 Å². The minimum Gasteiger partial charge on any atom is -0.479 e. The summed E-state index contributed by atoms with van der Waals surface area (Å²) in [5.74, 6) is -1.36. The fraction of sp³-hybridized carbons (Fsp3) is 0.333. The molecule has 21 heavy (non-hydrogen) atoms. The number of hydrogen-bond acceptors (Lipinski definition) is 3. The van der Waals surface area contributed by atoms with Crippen LogP contribution >= 0.6 is 0 Å². The van der Waals surface area contributed by atoms with E-state index in [4.69, 9.17) is 5.11 Å². The standard InChI is InChI=1S/C15H16N2O4/c18-13(11-2-1-10-3-6-16-12(10)9-11)17-7-4-15(21,5-8-17)14(19)20/h1-3,6,9,16,21H,4-5,7-8H2,(H,19,20). The summed E-state index contributed by atoms with van der Waals surface area (Å²) in [5, 5.41) is 19.9. The zero-order chi connectivity index (χ0) is 15.0. The van der Waals surface area contributed by atoms with Crippen LogP contribution in [0.5, 0.6) is 0 Å². The Bertz CT molecular complexity index is 699. The van der Waals surface area contributed by atoms with Gasteiger partial charge in [-0.2, -0.15) is 0 Å². The zero-order valence-corrected chi connectivity index (χ0v) is 11.4. The smallest absolute Gasteiger partial charge is 0.335 e. The summed E-state index contributed by atoms with van der Waals surface area (Å²) in [5.41, 5.74) is -0.259. The number of aliphatic hydroxyl groups is 1. The van der Waals surface area contributed by atoms with E-state index in [9.17, 15) is 14.7 Å². The first-order valence-electron chi connectivity index (χ1n) is 6.82. The number of carbonyl (C=O) groups is 2. The fourth-order valence-corrected chi connectivity index (χ4v) is 2.66. The van der Waals surface area contributed by atoms with Crippen molar-refractivity contribution < 1.29 is 19.8 Å². The van der Waals surface area contributed by atoms with Crippen molar-refractivity contribution in [2.75, 3.05) is 13.1 Å². The molecule has 6 heteroatoms. The van der Waals surface area contributed by atoms with E-state index in [0.717, 1.165) is 10.9 Å². The number of H-pyrrole nitrogens is 1. The van der Waals surface area contributed by atoms with Gasteiger partial charge in [-0.05, 0) is 23.6 Å². The molecular weight excluding hydrogens is 272 g/mol. The molecule has 1 fully saturated rings. The summed E-state index contributed by atoms with van der Waals surface area (Å²) >= 11 is 0. The number of nitrogens with zero attached hydrogens (tertiary/aromatic N) is 1. The molecule has 1 amide bonds. The lowest BCUT2D eigenvalue weighted by molar-refractivity contribution is -0.162. The maximum absolute atomic E-state index is 12.4. The maximum Gasteiger partial charge on any atom is 0.335 e. The van der Waals surface area contributed by atoms with Crippen molar-refractivity contribution in [1.82, 2.24) is 9.88 Å². The molecule has 1 aromatic heterocycles. The van der Waals surface area contributed by atoms with Gasteiger partial charge in [0.2, 0.25) is 0 Å². The molecule has 0 saturated carbocycles. The summed E-state index contributed by atoms with van der Waals surface area (Å²) in [6.45, 7) is 0.481. The van der Waals surface area contributed by atoms with Crippen LogP contribution in [0.15, 0.2) is 30.5 Å². The van der Waals surface area contributed by atoms with E-state index in [1.54, 1.807) is 17.0 Å². The Morgan fingerprint density at radius 3 is 2.57 bits per heavy atom. The molecule has 1 saturated heterocycles. The number of aliphatic carboxylic acids is 1. The van der Waals surface area contributed by atoms with E-state index in [0.29, 0.717) is 5.56 Å². The molecular formula is C15H16N2O4. The van der Waals surface area contributed by atoms with Crippen LogP contribution in [0.2, 0.25) is 0 Å². The van der Waals surface area contributed by atoms with Gasteiger partial charge in [0, 0.05) is 43.2 Å². The predicted molar refractivity (Wildman–Crippen MR) is 76.0 cm³/mol. The second-order valence-electron chi connectivity index (χ2n) is 5.41. The maximum atomic E-state index is 12.4. The van der Waals surface area contributed by atoms with Crippen LogP contribution in [0.4, 0.5) is 0 Å². The molecule has 0 atom stereocenters. The molecule has 3 rings (SSSR count). The normalized spacial score (nSPS) is 17.9. The van der Waals surface area contributed by atoms with Gasteiger partial charge in [-0.25, -0.2) is 4.79 Å². The summed E-state index contributed by atoms with van der Waals surface area (Å²) < 4.78 is 0. The van der Waals surface area contributed by atoms with Crippen molar-refractivity contribution in [2.45, 2.75) is 18.4 Å². The number of benzene rings is 1. The van der Waals surface area contributed by atoms with Crippen LogP contribution in [0, 0.1) is 0 Å². The number of carboxylic acid groups (broad SMARTS) is 1. The van der Waals surface area contributed by atoms with Gasteiger partial charge < -0.3 is 20.1 Å². The number of hydrogen-bond donors (Lipinski definition) is 3. The molecule has 2 aromatic rings. The zero-order valence-electron chi connectivity index (χ0n) is 11.4. The van der Waals surface area contributed by atoms with Crippen molar-refractivity contribution in [3.05, 3.63) is 36.0 Å². The molecule has 110 valence electrons. The fourth-order valence-electron chi connectivity index (χ4n) is 2.66.